The maximum absolute atomic E-state index is 13.8. The van der Waals surface area contributed by atoms with Gasteiger partial charge in [-0.25, -0.2) is 9.78 Å². The molecular formula is C30H31N3O6. The summed E-state index contributed by atoms with van der Waals surface area (Å²) in [6.07, 6.45) is 3.12. The van der Waals surface area contributed by atoms with Crippen LogP contribution in [-0.2, 0) is 16.1 Å². The minimum Gasteiger partial charge on any atom is -0.493 e. The fourth-order valence-corrected chi connectivity index (χ4v) is 4.13. The number of aromatic nitrogens is 2. The zero-order valence-electron chi connectivity index (χ0n) is 22.0. The molecule has 9 nitrogen and oxygen atoms in total. The van der Waals surface area contributed by atoms with Crippen LogP contribution in [0.4, 0.5) is 10.5 Å². The topological polar surface area (TPSA) is 109 Å². The number of fused-ring (bicyclic) bond motifs is 1. The number of amides is 1. The lowest BCUT2D eigenvalue weighted by Crippen LogP contribution is -2.29. The van der Waals surface area contributed by atoms with Crippen molar-refractivity contribution < 1.29 is 23.8 Å². The lowest BCUT2D eigenvalue weighted by molar-refractivity contribution is -0.141. The summed E-state index contributed by atoms with van der Waals surface area (Å²) in [4.78, 5) is 42.1. The van der Waals surface area contributed by atoms with Crippen LogP contribution in [-0.4, -0.2) is 34.8 Å². The third-order valence-corrected chi connectivity index (χ3v) is 5.94. The van der Waals surface area contributed by atoms with E-state index >= 15 is 0 Å². The Hall–Kier alpha value is -4.66. The number of benzene rings is 2. The number of para-hydroxylation sites is 1. The Morgan fingerprint density at radius 1 is 0.923 bits per heavy atom. The summed E-state index contributed by atoms with van der Waals surface area (Å²) in [6.45, 7) is 4.54. The predicted molar refractivity (Wildman–Crippen MR) is 149 cm³/mol. The van der Waals surface area contributed by atoms with E-state index in [0.717, 1.165) is 18.2 Å². The van der Waals surface area contributed by atoms with E-state index in [1.54, 1.807) is 53.2 Å². The monoisotopic (exact) mass is 529 g/mol. The molecular weight excluding hydrogens is 498 g/mol. The molecule has 0 unspecified atom stereocenters. The van der Waals surface area contributed by atoms with E-state index in [2.05, 4.69) is 10.3 Å². The summed E-state index contributed by atoms with van der Waals surface area (Å²) < 4.78 is 17.7. The molecule has 4 rings (SSSR count). The molecule has 0 aliphatic heterocycles. The number of hydrogen-bond acceptors (Lipinski definition) is 7. The van der Waals surface area contributed by atoms with E-state index in [-0.39, 0.29) is 23.8 Å². The molecule has 0 fully saturated rings. The zero-order chi connectivity index (χ0) is 27.6. The first-order valence-corrected chi connectivity index (χ1v) is 12.9. The number of ether oxygens (including phenoxy) is 3. The lowest BCUT2D eigenvalue weighted by Gasteiger charge is -2.18. The van der Waals surface area contributed by atoms with Crippen molar-refractivity contribution in [2.75, 3.05) is 18.5 Å². The molecule has 9 heteroatoms. The summed E-state index contributed by atoms with van der Waals surface area (Å²) in [7, 11) is 0. The maximum Gasteiger partial charge on any atom is 0.417 e. The molecule has 39 heavy (non-hydrogen) atoms. The van der Waals surface area contributed by atoms with Crippen molar-refractivity contribution in [1.82, 2.24) is 9.55 Å². The highest BCUT2D eigenvalue weighted by Gasteiger charge is 2.21. The number of aryl methyl sites for hydroxylation is 1. The Morgan fingerprint density at radius 3 is 2.41 bits per heavy atom. The van der Waals surface area contributed by atoms with E-state index < -0.39 is 6.09 Å². The normalized spacial score (nSPS) is 10.7. The van der Waals surface area contributed by atoms with Crippen LogP contribution in [0, 0.1) is 0 Å². The van der Waals surface area contributed by atoms with Gasteiger partial charge in [0.1, 0.15) is 22.8 Å². The molecule has 0 saturated heterocycles. The zero-order valence-corrected chi connectivity index (χ0v) is 22.0. The highest BCUT2D eigenvalue weighted by molar-refractivity contribution is 6.03. The largest absolute Gasteiger partial charge is 0.493 e. The summed E-state index contributed by atoms with van der Waals surface area (Å²) >= 11 is 0. The molecule has 0 aliphatic rings. The molecule has 202 valence electrons. The molecule has 2 aromatic heterocycles. The number of unbranched alkanes of at least 4 members (excludes halogenated alkanes) is 1. The van der Waals surface area contributed by atoms with Gasteiger partial charge in [0, 0.05) is 37.0 Å². The quantitative estimate of drug-likeness (QED) is 0.193. The second-order valence-corrected chi connectivity index (χ2v) is 8.83. The molecule has 0 saturated carbocycles. The molecule has 1 N–H and O–H groups in total. The Bertz CT molecular complexity index is 1480. The fourth-order valence-electron chi connectivity index (χ4n) is 4.13. The molecule has 1 amide bonds. The van der Waals surface area contributed by atoms with Crippen LogP contribution >= 0.6 is 0 Å². The molecule has 2 aromatic carbocycles. The van der Waals surface area contributed by atoms with Gasteiger partial charge in [-0.2, -0.15) is 0 Å². The van der Waals surface area contributed by atoms with Gasteiger partial charge >= 0.3 is 12.1 Å². The number of esters is 1. The van der Waals surface area contributed by atoms with Gasteiger partial charge < -0.3 is 14.2 Å². The van der Waals surface area contributed by atoms with Crippen LogP contribution in [0.15, 0.2) is 77.7 Å². The van der Waals surface area contributed by atoms with Crippen molar-refractivity contribution in [3.8, 4) is 22.6 Å². The molecule has 0 bridgehead atoms. The highest BCUT2D eigenvalue weighted by Crippen LogP contribution is 2.34. The smallest absolute Gasteiger partial charge is 0.417 e. The van der Waals surface area contributed by atoms with Gasteiger partial charge in [0.05, 0.1) is 13.2 Å². The minimum atomic E-state index is -0.766. The molecule has 0 radical (unpaired) electrons. The van der Waals surface area contributed by atoms with Gasteiger partial charge in [-0.15, -0.1) is 0 Å². The van der Waals surface area contributed by atoms with Crippen LogP contribution < -0.4 is 20.3 Å². The van der Waals surface area contributed by atoms with Crippen LogP contribution in [0.2, 0.25) is 0 Å². The highest BCUT2D eigenvalue weighted by atomic mass is 16.6. The van der Waals surface area contributed by atoms with E-state index in [0.29, 0.717) is 47.8 Å². The van der Waals surface area contributed by atoms with Crippen LogP contribution in [0.5, 0.6) is 11.5 Å². The average Bonchev–Trinajstić information content (AvgIpc) is 2.94. The number of carbonyl (C=O) groups excluding carboxylic acids is 2. The number of nitrogens with one attached hydrogen (secondary N) is 1. The van der Waals surface area contributed by atoms with Crippen molar-refractivity contribution >= 4 is 28.8 Å². The third-order valence-electron chi connectivity index (χ3n) is 5.94. The maximum atomic E-state index is 13.8. The van der Waals surface area contributed by atoms with Crippen LogP contribution in [0.25, 0.3) is 22.2 Å². The average molecular weight is 530 g/mol. The summed E-state index contributed by atoms with van der Waals surface area (Å²) in [6, 6.07) is 19.6. The Morgan fingerprint density at radius 2 is 1.69 bits per heavy atom. The predicted octanol–water partition coefficient (Wildman–Crippen LogP) is 5.81. The first-order chi connectivity index (χ1) is 19.0. The van der Waals surface area contributed by atoms with Crippen LogP contribution in [0.1, 0.15) is 33.1 Å². The van der Waals surface area contributed by atoms with Gasteiger partial charge in [0.15, 0.2) is 0 Å². The van der Waals surface area contributed by atoms with Gasteiger partial charge in [-0.05, 0) is 48.4 Å². The Labute approximate surface area is 226 Å². The summed E-state index contributed by atoms with van der Waals surface area (Å²) in [5, 5.41) is 3.43. The SMILES string of the molecule is CCCCn1c(=O)c(NC(=O)Oc2ccccc2)c(-c2ccc(OCCCOC(C)=O)cc2)c2cccnc21. The second kappa shape index (κ2) is 13.2. The van der Waals surface area contributed by atoms with E-state index in [4.69, 9.17) is 14.2 Å². The first kappa shape index (κ1) is 27.4. The van der Waals surface area contributed by atoms with Gasteiger partial charge in [-0.1, -0.05) is 43.7 Å². The van der Waals surface area contributed by atoms with Crippen molar-refractivity contribution in [2.24, 2.45) is 0 Å². The number of hydrogen-bond donors (Lipinski definition) is 1. The minimum absolute atomic E-state index is 0.114. The number of pyridine rings is 2. The standard InChI is InChI=1S/C30H31N3O6/c1-3-4-18-33-28-25(12-8-17-31-28)26(22-13-15-23(16-14-22)38-20-9-19-37-21(2)34)27(29(33)35)32-30(36)39-24-10-6-5-7-11-24/h5-8,10-17H,3-4,9,18-20H2,1-2H3,(H,32,36). The van der Waals surface area contributed by atoms with Crippen molar-refractivity contribution in [3.63, 3.8) is 0 Å². The fraction of sp³-hybridized carbons (Fsp3) is 0.267. The molecule has 2 heterocycles. The molecule has 0 atom stereocenters. The number of anilines is 1. The Balaban J connectivity index is 1.70. The second-order valence-electron chi connectivity index (χ2n) is 8.83. The molecule has 0 spiro atoms. The van der Waals surface area contributed by atoms with Gasteiger partial charge in [0.2, 0.25) is 0 Å². The van der Waals surface area contributed by atoms with Crippen molar-refractivity contribution in [3.05, 3.63) is 83.3 Å². The molecule has 0 aliphatic carbocycles. The van der Waals surface area contributed by atoms with Crippen molar-refractivity contribution in [1.29, 1.82) is 0 Å². The number of rotatable bonds is 11. The molecule has 4 aromatic rings. The van der Waals surface area contributed by atoms with E-state index in [9.17, 15) is 14.4 Å². The number of carbonyl (C=O) groups is 2. The lowest BCUT2D eigenvalue weighted by atomic mass is 10.00. The van der Waals surface area contributed by atoms with Gasteiger partial charge in [-0.3, -0.25) is 19.5 Å². The Kier molecular flexibility index (Phi) is 9.29. The van der Waals surface area contributed by atoms with E-state index in [1.165, 1.54) is 6.92 Å². The first-order valence-electron chi connectivity index (χ1n) is 12.9. The number of nitrogens with zero attached hydrogens (tertiary/aromatic N) is 2. The van der Waals surface area contributed by atoms with Crippen LogP contribution in [0.3, 0.4) is 0 Å². The third kappa shape index (κ3) is 7.01. The van der Waals surface area contributed by atoms with E-state index in [1.807, 2.05) is 31.2 Å². The van der Waals surface area contributed by atoms with Gasteiger partial charge in [0.25, 0.3) is 5.56 Å². The van der Waals surface area contributed by atoms with Crippen molar-refractivity contribution in [2.45, 2.75) is 39.7 Å². The summed E-state index contributed by atoms with van der Waals surface area (Å²) in [5.74, 6) is 0.661. The summed E-state index contributed by atoms with van der Waals surface area (Å²) in [5.41, 5.74) is 1.54.